The van der Waals surface area contributed by atoms with E-state index in [2.05, 4.69) is 25.9 Å². The van der Waals surface area contributed by atoms with Crippen molar-refractivity contribution in [2.24, 2.45) is 0 Å². The van der Waals surface area contributed by atoms with Gasteiger partial charge < -0.3 is 15.5 Å². The van der Waals surface area contributed by atoms with Crippen molar-refractivity contribution < 1.29 is 10.2 Å². The molecule has 0 spiro atoms. The van der Waals surface area contributed by atoms with Crippen LogP contribution in [-0.4, -0.2) is 54.2 Å². The van der Waals surface area contributed by atoms with Crippen LogP contribution in [0.5, 0.6) is 0 Å². The number of tetrazole rings is 1. The van der Waals surface area contributed by atoms with Crippen LogP contribution < -0.4 is 5.32 Å². The molecule has 2 aromatic heterocycles. The molecule has 0 unspecified atom stereocenters. The number of nitrogens with zero attached hydrogens (tertiary/aromatic N) is 5. The third-order valence-corrected chi connectivity index (χ3v) is 2.74. The lowest BCUT2D eigenvalue weighted by Gasteiger charge is -2.29. The zero-order valence-corrected chi connectivity index (χ0v) is 9.41. The second-order valence-corrected chi connectivity index (χ2v) is 3.82. The summed E-state index contributed by atoms with van der Waals surface area (Å²) in [5.74, 6) is 0.495. The van der Waals surface area contributed by atoms with E-state index < -0.39 is 5.54 Å². The fourth-order valence-corrected chi connectivity index (χ4v) is 1.43. The molecule has 8 heteroatoms. The third kappa shape index (κ3) is 2.17. The van der Waals surface area contributed by atoms with Crippen molar-refractivity contribution in [3.05, 3.63) is 12.1 Å². The number of rotatable bonds is 5. The average Bonchev–Trinajstić information content (AvgIpc) is 2.83. The number of fused-ring (bicyclic) bond motifs is 1. The highest BCUT2D eigenvalue weighted by Crippen LogP contribution is 2.16. The minimum absolute atomic E-state index is 0.185. The second kappa shape index (κ2) is 4.60. The van der Waals surface area contributed by atoms with Crippen molar-refractivity contribution in [3.63, 3.8) is 0 Å². The molecule has 0 fully saturated rings. The Kier molecular flexibility index (Phi) is 3.16. The first kappa shape index (κ1) is 11.7. The number of hydrogen-bond acceptors (Lipinski definition) is 7. The highest BCUT2D eigenvalue weighted by atomic mass is 16.3. The van der Waals surface area contributed by atoms with Crippen LogP contribution in [0.1, 0.15) is 13.3 Å². The minimum Gasteiger partial charge on any atom is -0.394 e. The van der Waals surface area contributed by atoms with Crippen LogP contribution in [0.3, 0.4) is 0 Å². The summed E-state index contributed by atoms with van der Waals surface area (Å²) in [4.78, 5) is 0. The molecule has 0 amide bonds. The van der Waals surface area contributed by atoms with Crippen LogP contribution in [0, 0.1) is 0 Å². The molecule has 0 saturated carbocycles. The molecule has 0 radical (unpaired) electrons. The van der Waals surface area contributed by atoms with Crippen LogP contribution in [0.25, 0.3) is 5.65 Å². The van der Waals surface area contributed by atoms with E-state index in [1.165, 1.54) is 4.63 Å². The Labute approximate surface area is 97.3 Å². The predicted molar refractivity (Wildman–Crippen MR) is 59.4 cm³/mol. The van der Waals surface area contributed by atoms with Crippen molar-refractivity contribution in [2.45, 2.75) is 18.9 Å². The molecule has 92 valence electrons. The zero-order valence-electron chi connectivity index (χ0n) is 9.41. The summed E-state index contributed by atoms with van der Waals surface area (Å²) >= 11 is 0. The summed E-state index contributed by atoms with van der Waals surface area (Å²) < 4.78 is 1.28. The standard InChI is InChI=1S/C9H14N6O2/c1-2-9(5-16,6-17)10-7-3-4-8-11-13-14-15(8)12-7/h3-4,16-17H,2,5-6H2,1H3,(H,10,12). The molecule has 2 aromatic rings. The van der Waals surface area contributed by atoms with Gasteiger partial charge in [0, 0.05) is 0 Å². The van der Waals surface area contributed by atoms with Gasteiger partial charge in [0.2, 0.25) is 0 Å². The molecule has 0 aliphatic carbocycles. The van der Waals surface area contributed by atoms with E-state index in [1.807, 2.05) is 6.92 Å². The zero-order chi connectivity index (χ0) is 12.3. The lowest BCUT2D eigenvalue weighted by molar-refractivity contribution is 0.132. The van der Waals surface area contributed by atoms with Gasteiger partial charge in [-0.25, -0.2) is 0 Å². The Morgan fingerprint density at radius 1 is 1.35 bits per heavy atom. The highest BCUT2D eigenvalue weighted by molar-refractivity contribution is 5.43. The third-order valence-electron chi connectivity index (χ3n) is 2.74. The van der Waals surface area contributed by atoms with Gasteiger partial charge in [-0.2, -0.15) is 0 Å². The van der Waals surface area contributed by atoms with Gasteiger partial charge in [-0.1, -0.05) is 6.92 Å². The minimum atomic E-state index is -0.783. The largest absolute Gasteiger partial charge is 0.394 e. The Morgan fingerprint density at radius 3 is 2.76 bits per heavy atom. The SMILES string of the molecule is CCC(CO)(CO)Nc1ccc2nnnn2n1. The lowest BCUT2D eigenvalue weighted by Crippen LogP contribution is -2.45. The van der Waals surface area contributed by atoms with Crippen molar-refractivity contribution in [1.29, 1.82) is 0 Å². The normalized spacial score (nSPS) is 11.9. The van der Waals surface area contributed by atoms with Gasteiger partial charge in [0.15, 0.2) is 5.65 Å². The fraction of sp³-hybridized carbons (Fsp3) is 0.556. The Morgan fingerprint density at radius 2 is 2.12 bits per heavy atom. The van der Waals surface area contributed by atoms with Gasteiger partial charge in [0.1, 0.15) is 5.82 Å². The summed E-state index contributed by atoms with van der Waals surface area (Å²) in [5, 5.41) is 36.6. The van der Waals surface area contributed by atoms with Crippen LogP contribution >= 0.6 is 0 Å². The van der Waals surface area contributed by atoms with E-state index in [0.29, 0.717) is 17.9 Å². The molecule has 8 nitrogen and oxygen atoms in total. The Balaban J connectivity index is 2.27. The summed E-state index contributed by atoms with van der Waals surface area (Å²) in [5.41, 5.74) is -0.250. The monoisotopic (exact) mass is 238 g/mol. The first-order valence-electron chi connectivity index (χ1n) is 5.28. The molecular weight excluding hydrogens is 224 g/mol. The fourth-order valence-electron chi connectivity index (χ4n) is 1.43. The number of aliphatic hydroxyl groups excluding tert-OH is 2. The van der Waals surface area contributed by atoms with Crippen LogP contribution in [-0.2, 0) is 0 Å². The smallest absolute Gasteiger partial charge is 0.200 e. The highest BCUT2D eigenvalue weighted by Gasteiger charge is 2.26. The summed E-state index contributed by atoms with van der Waals surface area (Å²) in [6.45, 7) is 1.50. The first-order valence-corrected chi connectivity index (χ1v) is 5.28. The lowest BCUT2D eigenvalue weighted by atomic mass is 9.98. The maximum absolute atomic E-state index is 9.31. The van der Waals surface area contributed by atoms with E-state index in [0.717, 1.165) is 0 Å². The van der Waals surface area contributed by atoms with E-state index in [4.69, 9.17) is 0 Å². The maximum Gasteiger partial charge on any atom is 0.200 e. The van der Waals surface area contributed by atoms with Gasteiger partial charge in [-0.05, 0) is 29.0 Å². The summed E-state index contributed by atoms with van der Waals surface area (Å²) in [6.07, 6.45) is 0.565. The van der Waals surface area contributed by atoms with Crippen LogP contribution in [0.2, 0.25) is 0 Å². The maximum atomic E-state index is 9.31. The van der Waals surface area contributed by atoms with E-state index in [9.17, 15) is 10.2 Å². The van der Waals surface area contributed by atoms with Gasteiger partial charge in [0.05, 0.1) is 18.8 Å². The van der Waals surface area contributed by atoms with Crippen molar-refractivity contribution in [1.82, 2.24) is 25.3 Å². The number of anilines is 1. The molecule has 0 aliphatic heterocycles. The van der Waals surface area contributed by atoms with Gasteiger partial charge >= 0.3 is 0 Å². The van der Waals surface area contributed by atoms with Crippen molar-refractivity contribution >= 4 is 11.5 Å². The van der Waals surface area contributed by atoms with Gasteiger partial charge in [0.25, 0.3) is 0 Å². The molecule has 0 saturated heterocycles. The van der Waals surface area contributed by atoms with Crippen molar-refractivity contribution in [3.8, 4) is 0 Å². The quantitative estimate of drug-likeness (QED) is 0.617. The topological polar surface area (TPSA) is 108 Å². The average molecular weight is 238 g/mol. The van der Waals surface area contributed by atoms with E-state index in [-0.39, 0.29) is 13.2 Å². The second-order valence-electron chi connectivity index (χ2n) is 3.82. The summed E-state index contributed by atoms with van der Waals surface area (Å²) in [7, 11) is 0. The van der Waals surface area contributed by atoms with E-state index in [1.54, 1.807) is 12.1 Å². The number of nitrogens with one attached hydrogen (secondary N) is 1. The molecule has 3 N–H and O–H groups in total. The van der Waals surface area contributed by atoms with Crippen LogP contribution in [0.15, 0.2) is 12.1 Å². The molecule has 17 heavy (non-hydrogen) atoms. The number of aliphatic hydroxyl groups is 2. The molecule has 0 atom stereocenters. The Bertz CT molecular complexity index is 487. The predicted octanol–water partition coefficient (Wildman–Crippen LogP) is -0.935. The molecule has 2 heterocycles. The molecule has 0 aromatic carbocycles. The molecule has 0 bridgehead atoms. The number of hydrogen-bond donors (Lipinski definition) is 3. The number of aromatic nitrogens is 5. The first-order chi connectivity index (χ1) is 8.23. The molecule has 0 aliphatic rings. The van der Waals surface area contributed by atoms with Crippen LogP contribution in [0.4, 0.5) is 5.82 Å². The van der Waals surface area contributed by atoms with Gasteiger partial charge in [-0.3, -0.25) is 0 Å². The Hall–Kier alpha value is -1.80. The molecule has 2 rings (SSSR count). The van der Waals surface area contributed by atoms with E-state index >= 15 is 0 Å². The summed E-state index contributed by atoms with van der Waals surface area (Å²) in [6, 6.07) is 3.39. The van der Waals surface area contributed by atoms with Crippen molar-refractivity contribution in [2.75, 3.05) is 18.5 Å². The van der Waals surface area contributed by atoms with Gasteiger partial charge in [-0.15, -0.1) is 14.8 Å². The molecular formula is C9H14N6O2.